The SMILES string of the molecule is CCc1cc(N)nc(-c2cnn(-c3ccccc3)c2)n1. The molecule has 0 aliphatic heterocycles. The molecule has 0 atom stereocenters. The van der Waals surface area contributed by atoms with Gasteiger partial charge in [-0.25, -0.2) is 14.6 Å². The Labute approximate surface area is 117 Å². The van der Waals surface area contributed by atoms with Gasteiger partial charge in [0.05, 0.1) is 17.4 Å². The first-order chi connectivity index (χ1) is 9.76. The molecule has 1 aromatic carbocycles. The molecule has 2 heterocycles. The van der Waals surface area contributed by atoms with Crippen molar-refractivity contribution >= 4 is 5.82 Å². The first-order valence-corrected chi connectivity index (χ1v) is 6.50. The molecule has 0 unspecified atom stereocenters. The van der Waals surface area contributed by atoms with E-state index in [1.165, 1.54) is 0 Å². The van der Waals surface area contributed by atoms with Gasteiger partial charge in [-0.3, -0.25) is 0 Å². The molecule has 3 rings (SSSR count). The third-order valence-corrected chi connectivity index (χ3v) is 3.02. The van der Waals surface area contributed by atoms with Crippen LogP contribution >= 0.6 is 0 Å². The molecule has 0 amide bonds. The lowest BCUT2D eigenvalue weighted by atomic mass is 10.2. The largest absolute Gasteiger partial charge is 0.384 e. The monoisotopic (exact) mass is 265 g/mol. The molecule has 3 aromatic rings. The number of anilines is 1. The van der Waals surface area contributed by atoms with E-state index in [-0.39, 0.29) is 0 Å². The minimum Gasteiger partial charge on any atom is -0.384 e. The number of nitrogens with two attached hydrogens (primary N) is 1. The quantitative estimate of drug-likeness (QED) is 0.789. The molecule has 2 N–H and O–H groups in total. The van der Waals surface area contributed by atoms with E-state index in [1.807, 2.05) is 43.5 Å². The number of para-hydroxylation sites is 1. The Balaban J connectivity index is 2.00. The van der Waals surface area contributed by atoms with E-state index < -0.39 is 0 Å². The molecule has 0 aliphatic rings. The lowest BCUT2D eigenvalue weighted by Crippen LogP contribution is -1.99. The van der Waals surface area contributed by atoms with Gasteiger partial charge in [0, 0.05) is 18.0 Å². The molecule has 5 nitrogen and oxygen atoms in total. The van der Waals surface area contributed by atoms with Crippen LogP contribution in [0.2, 0.25) is 0 Å². The summed E-state index contributed by atoms with van der Waals surface area (Å²) in [6, 6.07) is 11.7. The third kappa shape index (κ3) is 2.38. The second-order valence-corrected chi connectivity index (χ2v) is 4.47. The van der Waals surface area contributed by atoms with Gasteiger partial charge in [0.15, 0.2) is 5.82 Å². The average molecular weight is 265 g/mol. The third-order valence-electron chi connectivity index (χ3n) is 3.02. The lowest BCUT2D eigenvalue weighted by molar-refractivity contribution is 0.880. The Morgan fingerprint density at radius 1 is 1.15 bits per heavy atom. The van der Waals surface area contributed by atoms with E-state index in [0.717, 1.165) is 23.4 Å². The molecule has 100 valence electrons. The zero-order valence-corrected chi connectivity index (χ0v) is 11.2. The van der Waals surface area contributed by atoms with Gasteiger partial charge in [0.25, 0.3) is 0 Å². The summed E-state index contributed by atoms with van der Waals surface area (Å²) in [5.41, 5.74) is 8.60. The molecule has 0 saturated heterocycles. The van der Waals surface area contributed by atoms with E-state index in [2.05, 4.69) is 15.1 Å². The highest BCUT2D eigenvalue weighted by Crippen LogP contribution is 2.18. The Bertz CT molecular complexity index is 718. The van der Waals surface area contributed by atoms with Crippen LogP contribution in [0.5, 0.6) is 0 Å². The fraction of sp³-hybridized carbons (Fsp3) is 0.133. The normalized spacial score (nSPS) is 10.7. The first kappa shape index (κ1) is 12.3. The average Bonchev–Trinajstić information content (AvgIpc) is 2.97. The van der Waals surface area contributed by atoms with E-state index in [1.54, 1.807) is 16.9 Å². The maximum Gasteiger partial charge on any atom is 0.164 e. The summed E-state index contributed by atoms with van der Waals surface area (Å²) < 4.78 is 1.80. The van der Waals surface area contributed by atoms with Crippen LogP contribution < -0.4 is 5.73 Å². The van der Waals surface area contributed by atoms with Crippen molar-refractivity contribution in [1.29, 1.82) is 0 Å². The van der Waals surface area contributed by atoms with Crippen LogP contribution in [0.15, 0.2) is 48.8 Å². The zero-order valence-electron chi connectivity index (χ0n) is 11.2. The predicted molar refractivity (Wildman–Crippen MR) is 78.4 cm³/mol. The predicted octanol–water partition coefficient (Wildman–Crippen LogP) is 2.47. The van der Waals surface area contributed by atoms with Crippen molar-refractivity contribution in [2.24, 2.45) is 0 Å². The summed E-state index contributed by atoms with van der Waals surface area (Å²) in [4.78, 5) is 8.76. The smallest absolute Gasteiger partial charge is 0.164 e. The molecular formula is C15H15N5. The summed E-state index contributed by atoms with van der Waals surface area (Å²) >= 11 is 0. The molecule has 0 spiro atoms. The second-order valence-electron chi connectivity index (χ2n) is 4.47. The summed E-state index contributed by atoms with van der Waals surface area (Å²) in [6.45, 7) is 2.04. The molecule has 0 radical (unpaired) electrons. The van der Waals surface area contributed by atoms with Gasteiger partial charge in [0.2, 0.25) is 0 Å². The van der Waals surface area contributed by atoms with Crippen molar-refractivity contribution in [2.45, 2.75) is 13.3 Å². The maximum absolute atomic E-state index is 5.81. The van der Waals surface area contributed by atoms with Crippen LogP contribution in [0.4, 0.5) is 5.82 Å². The zero-order chi connectivity index (χ0) is 13.9. The number of nitrogens with zero attached hydrogens (tertiary/aromatic N) is 4. The fourth-order valence-corrected chi connectivity index (χ4v) is 1.99. The van der Waals surface area contributed by atoms with Crippen molar-refractivity contribution in [1.82, 2.24) is 19.7 Å². The topological polar surface area (TPSA) is 69.6 Å². The van der Waals surface area contributed by atoms with Gasteiger partial charge in [-0.05, 0) is 18.6 Å². The van der Waals surface area contributed by atoms with Gasteiger partial charge >= 0.3 is 0 Å². The molecule has 0 saturated carbocycles. The highest BCUT2D eigenvalue weighted by molar-refractivity contribution is 5.55. The number of hydrogen-bond donors (Lipinski definition) is 1. The van der Waals surface area contributed by atoms with Gasteiger partial charge in [0.1, 0.15) is 5.82 Å². The Hall–Kier alpha value is -2.69. The van der Waals surface area contributed by atoms with Crippen molar-refractivity contribution < 1.29 is 0 Å². The summed E-state index contributed by atoms with van der Waals surface area (Å²) in [5, 5.41) is 4.34. The van der Waals surface area contributed by atoms with Crippen LogP contribution in [0, 0.1) is 0 Å². The second kappa shape index (κ2) is 5.13. The van der Waals surface area contributed by atoms with E-state index in [9.17, 15) is 0 Å². The number of aromatic nitrogens is 4. The van der Waals surface area contributed by atoms with Crippen LogP contribution in [-0.2, 0) is 6.42 Å². The number of benzene rings is 1. The van der Waals surface area contributed by atoms with Gasteiger partial charge in [-0.15, -0.1) is 0 Å². The van der Waals surface area contributed by atoms with Crippen LogP contribution in [0.3, 0.4) is 0 Å². The minimum absolute atomic E-state index is 0.485. The fourth-order valence-electron chi connectivity index (χ4n) is 1.99. The molecule has 2 aromatic heterocycles. The summed E-state index contributed by atoms with van der Waals surface area (Å²) in [7, 11) is 0. The van der Waals surface area contributed by atoms with Crippen molar-refractivity contribution in [3.05, 3.63) is 54.5 Å². The molecule has 0 aliphatic carbocycles. The Morgan fingerprint density at radius 2 is 1.95 bits per heavy atom. The van der Waals surface area contributed by atoms with Gasteiger partial charge in [-0.2, -0.15) is 5.10 Å². The maximum atomic E-state index is 5.81. The number of hydrogen-bond acceptors (Lipinski definition) is 4. The van der Waals surface area contributed by atoms with Crippen molar-refractivity contribution in [3.63, 3.8) is 0 Å². The van der Waals surface area contributed by atoms with Crippen molar-refractivity contribution in [2.75, 3.05) is 5.73 Å². The number of nitrogen functional groups attached to an aromatic ring is 1. The van der Waals surface area contributed by atoms with Crippen LogP contribution in [0.1, 0.15) is 12.6 Å². The number of rotatable bonds is 3. The molecule has 0 fully saturated rings. The van der Waals surface area contributed by atoms with Gasteiger partial charge < -0.3 is 5.73 Å². The standard InChI is InChI=1S/C15H15N5/c1-2-12-8-14(16)19-15(18-12)11-9-17-20(10-11)13-6-4-3-5-7-13/h3-10H,2H2,1H3,(H2,16,18,19). The molecule has 0 bridgehead atoms. The molecule has 20 heavy (non-hydrogen) atoms. The minimum atomic E-state index is 0.485. The Kier molecular flexibility index (Phi) is 3.16. The van der Waals surface area contributed by atoms with Gasteiger partial charge in [-0.1, -0.05) is 25.1 Å². The number of aryl methyl sites for hydroxylation is 1. The van der Waals surface area contributed by atoms with Crippen molar-refractivity contribution in [3.8, 4) is 17.1 Å². The van der Waals surface area contributed by atoms with E-state index >= 15 is 0 Å². The summed E-state index contributed by atoms with van der Waals surface area (Å²) in [6.07, 6.45) is 4.48. The lowest BCUT2D eigenvalue weighted by Gasteiger charge is -2.02. The highest BCUT2D eigenvalue weighted by atomic mass is 15.3. The Morgan fingerprint density at radius 3 is 2.70 bits per heavy atom. The first-order valence-electron chi connectivity index (χ1n) is 6.50. The van der Waals surface area contributed by atoms with Crippen LogP contribution in [-0.4, -0.2) is 19.7 Å². The molecule has 5 heteroatoms. The summed E-state index contributed by atoms with van der Waals surface area (Å²) in [5.74, 6) is 1.10. The highest BCUT2D eigenvalue weighted by Gasteiger charge is 2.08. The van der Waals surface area contributed by atoms with Crippen LogP contribution in [0.25, 0.3) is 17.1 Å². The van der Waals surface area contributed by atoms with E-state index in [0.29, 0.717) is 11.6 Å². The van der Waals surface area contributed by atoms with E-state index in [4.69, 9.17) is 5.73 Å². The molecular weight excluding hydrogens is 250 g/mol.